The van der Waals surface area contributed by atoms with Crippen LogP contribution in [0.2, 0.25) is 0 Å². The van der Waals surface area contributed by atoms with Crippen molar-refractivity contribution < 1.29 is 14.3 Å². The highest BCUT2D eigenvalue weighted by Gasteiger charge is 2.40. The number of carbonyl (C=O) groups excluding carboxylic acids is 2. The van der Waals surface area contributed by atoms with E-state index in [0.717, 1.165) is 10.5 Å². The fourth-order valence-corrected chi connectivity index (χ4v) is 3.46. The molecule has 2 amide bonds. The normalized spacial score (nSPS) is 13.4. The number of nitrogens with one attached hydrogen (secondary N) is 1. The number of hydrogen-bond acceptors (Lipinski definition) is 5. The van der Waals surface area contributed by atoms with E-state index in [1.807, 2.05) is 37.3 Å². The monoisotopic (exact) mass is 409 g/mol. The molecule has 0 saturated carbocycles. The highest BCUT2D eigenvalue weighted by Crippen LogP contribution is 2.34. The fraction of sp³-hybridized carbons (Fsp3) is 0.0800. The van der Waals surface area contributed by atoms with Crippen LogP contribution in [0, 0.1) is 18.3 Å². The second-order valence-corrected chi connectivity index (χ2v) is 7.08. The minimum Gasteiger partial charge on any atom is -0.497 e. The van der Waals surface area contributed by atoms with E-state index < -0.39 is 11.8 Å². The summed E-state index contributed by atoms with van der Waals surface area (Å²) in [4.78, 5) is 27.9. The minimum atomic E-state index is -0.456. The first kappa shape index (κ1) is 19.9. The first-order valence-electron chi connectivity index (χ1n) is 9.63. The van der Waals surface area contributed by atoms with Crippen LogP contribution in [0.1, 0.15) is 16.7 Å². The van der Waals surface area contributed by atoms with Crippen molar-refractivity contribution in [3.05, 3.63) is 95.2 Å². The van der Waals surface area contributed by atoms with E-state index in [-0.39, 0.29) is 11.3 Å². The Balaban J connectivity index is 1.80. The van der Waals surface area contributed by atoms with Crippen LogP contribution in [0.25, 0.3) is 5.57 Å². The second-order valence-electron chi connectivity index (χ2n) is 7.08. The molecule has 1 heterocycles. The Bertz CT molecular complexity index is 1240. The molecule has 1 N–H and O–H groups in total. The van der Waals surface area contributed by atoms with E-state index in [9.17, 15) is 9.59 Å². The summed E-state index contributed by atoms with van der Waals surface area (Å²) in [7, 11) is 1.57. The number of benzene rings is 3. The number of nitrogens with zero attached hydrogens (tertiary/aromatic N) is 2. The van der Waals surface area contributed by atoms with E-state index in [4.69, 9.17) is 10.00 Å². The second kappa shape index (κ2) is 8.17. The maximum Gasteiger partial charge on any atom is 0.282 e. The van der Waals surface area contributed by atoms with Crippen molar-refractivity contribution in [1.29, 1.82) is 5.26 Å². The van der Waals surface area contributed by atoms with Crippen LogP contribution >= 0.6 is 0 Å². The van der Waals surface area contributed by atoms with E-state index in [1.165, 1.54) is 0 Å². The molecule has 31 heavy (non-hydrogen) atoms. The molecule has 0 atom stereocenters. The Labute approximate surface area is 180 Å². The predicted octanol–water partition coefficient (Wildman–Crippen LogP) is 4.27. The molecular weight excluding hydrogens is 390 g/mol. The van der Waals surface area contributed by atoms with E-state index in [2.05, 4.69) is 5.32 Å². The van der Waals surface area contributed by atoms with Crippen LogP contribution in [-0.4, -0.2) is 18.9 Å². The molecule has 0 bridgehead atoms. The summed E-state index contributed by atoms with van der Waals surface area (Å²) in [5, 5.41) is 12.2. The molecule has 152 valence electrons. The summed E-state index contributed by atoms with van der Waals surface area (Å²) in [6, 6.07) is 22.9. The molecule has 0 spiro atoms. The summed E-state index contributed by atoms with van der Waals surface area (Å²) < 4.78 is 5.21. The van der Waals surface area contributed by atoms with Gasteiger partial charge in [-0.15, -0.1) is 0 Å². The van der Waals surface area contributed by atoms with Crippen molar-refractivity contribution in [2.24, 2.45) is 0 Å². The Morgan fingerprint density at radius 2 is 1.65 bits per heavy atom. The molecule has 0 aliphatic carbocycles. The van der Waals surface area contributed by atoms with Gasteiger partial charge in [0, 0.05) is 5.69 Å². The maximum atomic E-state index is 13.4. The van der Waals surface area contributed by atoms with Crippen LogP contribution < -0.4 is 15.0 Å². The van der Waals surface area contributed by atoms with Gasteiger partial charge in [-0.25, -0.2) is 4.90 Å². The topological polar surface area (TPSA) is 82.4 Å². The van der Waals surface area contributed by atoms with Crippen molar-refractivity contribution in [3.8, 4) is 11.8 Å². The molecular formula is C25H19N3O3. The molecule has 0 radical (unpaired) electrons. The van der Waals surface area contributed by atoms with E-state index in [1.54, 1.807) is 55.6 Å². The summed E-state index contributed by atoms with van der Waals surface area (Å²) in [6.45, 7) is 1.95. The standard InChI is InChI=1S/C25H19N3O3/c1-16-4-3-5-19(14-16)27-23-22(18-8-12-21(31-2)13-9-18)24(29)28(25(23)30)20-10-6-17(15-26)7-11-20/h3-14,27H,1-2H3. The Kier molecular flexibility index (Phi) is 5.25. The number of aryl methyl sites for hydroxylation is 1. The lowest BCUT2D eigenvalue weighted by Crippen LogP contribution is -2.32. The third-order valence-electron chi connectivity index (χ3n) is 5.00. The lowest BCUT2D eigenvalue weighted by Gasteiger charge is -2.15. The number of methoxy groups -OCH3 is 1. The van der Waals surface area contributed by atoms with Crippen LogP contribution in [0.3, 0.4) is 0 Å². The molecule has 4 rings (SSSR count). The summed E-state index contributed by atoms with van der Waals surface area (Å²) in [6.07, 6.45) is 0. The number of nitriles is 1. The fourth-order valence-electron chi connectivity index (χ4n) is 3.46. The largest absolute Gasteiger partial charge is 0.497 e. The Morgan fingerprint density at radius 1 is 0.935 bits per heavy atom. The average molecular weight is 409 g/mol. The van der Waals surface area contributed by atoms with Crippen molar-refractivity contribution in [1.82, 2.24) is 0 Å². The van der Waals surface area contributed by atoms with Crippen molar-refractivity contribution in [3.63, 3.8) is 0 Å². The SMILES string of the molecule is COc1ccc(C2=C(Nc3cccc(C)c3)C(=O)N(c3ccc(C#N)cc3)C2=O)cc1. The third-order valence-corrected chi connectivity index (χ3v) is 5.00. The molecule has 6 heteroatoms. The van der Waals surface area contributed by atoms with Gasteiger partial charge in [0.1, 0.15) is 11.4 Å². The van der Waals surface area contributed by atoms with Gasteiger partial charge in [-0.05, 0) is 66.6 Å². The first-order valence-corrected chi connectivity index (χ1v) is 9.63. The van der Waals surface area contributed by atoms with Crippen molar-refractivity contribution in [2.75, 3.05) is 17.3 Å². The molecule has 6 nitrogen and oxygen atoms in total. The molecule has 0 aromatic heterocycles. The molecule has 3 aromatic rings. The Hall–Kier alpha value is -4.37. The number of hydrogen-bond donors (Lipinski definition) is 1. The lowest BCUT2D eigenvalue weighted by atomic mass is 10.0. The Morgan fingerprint density at radius 3 is 2.26 bits per heavy atom. The molecule has 0 saturated heterocycles. The highest BCUT2D eigenvalue weighted by atomic mass is 16.5. The smallest absolute Gasteiger partial charge is 0.282 e. The van der Waals surface area contributed by atoms with Gasteiger partial charge >= 0.3 is 0 Å². The maximum absolute atomic E-state index is 13.4. The summed E-state index contributed by atoms with van der Waals surface area (Å²) in [5.74, 6) is -0.240. The number of rotatable bonds is 5. The van der Waals surface area contributed by atoms with Crippen LogP contribution in [0.4, 0.5) is 11.4 Å². The zero-order valence-electron chi connectivity index (χ0n) is 17.0. The third kappa shape index (κ3) is 3.77. The first-order chi connectivity index (χ1) is 15.0. The molecule has 0 fully saturated rings. The van der Waals surface area contributed by atoms with Gasteiger partial charge in [0.05, 0.1) is 30.0 Å². The van der Waals surface area contributed by atoms with Crippen LogP contribution in [0.5, 0.6) is 5.75 Å². The van der Waals surface area contributed by atoms with Gasteiger partial charge < -0.3 is 10.1 Å². The average Bonchev–Trinajstić information content (AvgIpc) is 3.03. The van der Waals surface area contributed by atoms with Gasteiger partial charge in [0.15, 0.2) is 0 Å². The zero-order chi connectivity index (χ0) is 22.0. The zero-order valence-corrected chi connectivity index (χ0v) is 17.0. The van der Waals surface area contributed by atoms with Crippen molar-refractivity contribution >= 4 is 28.8 Å². The molecule has 0 unspecified atom stereocenters. The van der Waals surface area contributed by atoms with Crippen LogP contribution in [0.15, 0.2) is 78.5 Å². The van der Waals surface area contributed by atoms with E-state index >= 15 is 0 Å². The number of amides is 2. The van der Waals surface area contributed by atoms with Gasteiger partial charge in [0.25, 0.3) is 11.8 Å². The van der Waals surface area contributed by atoms with Crippen LogP contribution in [-0.2, 0) is 9.59 Å². The quantitative estimate of drug-likeness (QED) is 0.637. The van der Waals surface area contributed by atoms with Gasteiger partial charge in [-0.2, -0.15) is 5.26 Å². The van der Waals surface area contributed by atoms with Gasteiger partial charge in [0.2, 0.25) is 0 Å². The molecule has 1 aliphatic rings. The number of ether oxygens (including phenoxy) is 1. The lowest BCUT2D eigenvalue weighted by molar-refractivity contribution is -0.120. The summed E-state index contributed by atoms with van der Waals surface area (Å²) in [5.41, 5.74) is 3.67. The predicted molar refractivity (Wildman–Crippen MR) is 118 cm³/mol. The van der Waals surface area contributed by atoms with Gasteiger partial charge in [-0.1, -0.05) is 24.3 Å². The van der Waals surface area contributed by atoms with Gasteiger partial charge in [-0.3, -0.25) is 9.59 Å². The minimum absolute atomic E-state index is 0.199. The number of imide groups is 1. The number of anilines is 2. The highest BCUT2D eigenvalue weighted by molar-refractivity contribution is 6.46. The van der Waals surface area contributed by atoms with Crippen molar-refractivity contribution in [2.45, 2.75) is 6.92 Å². The molecule has 3 aromatic carbocycles. The number of carbonyl (C=O) groups is 2. The molecule has 1 aliphatic heterocycles. The van der Waals surface area contributed by atoms with E-state index in [0.29, 0.717) is 28.3 Å². The summed E-state index contributed by atoms with van der Waals surface area (Å²) >= 11 is 0.